The molecule has 1 aliphatic rings. The summed E-state index contributed by atoms with van der Waals surface area (Å²) in [6.45, 7) is 0. The number of nitriles is 1. The fraction of sp³-hybridized carbons (Fsp3) is 0. The lowest BCUT2D eigenvalue weighted by atomic mass is 10.1. The van der Waals surface area contributed by atoms with E-state index in [1.54, 1.807) is 30.3 Å². The molecule has 6 heteroatoms. The zero-order valence-corrected chi connectivity index (χ0v) is 13.5. The number of rotatable bonds is 3. The number of thioether (sulfide) groups is 1. The third-order valence-corrected chi connectivity index (χ3v) is 4.45. The van der Waals surface area contributed by atoms with Crippen molar-refractivity contribution < 1.29 is 4.79 Å². The van der Waals surface area contributed by atoms with E-state index in [-0.39, 0.29) is 5.91 Å². The van der Waals surface area contributed by atoms with E-state index in [9.17, 15) is 4.79 Å². The van der Waals surface area contributed by atoms with Crippen LogP contribution in [0.5, 0.6) is 0 Å². The van der Waals surface area contributed by atoms with Crippen LogP contribution in [-0.2, 0) is 4.79 Å². The average molecular weight is 337 g/mol. The second kappa shape index (κ2) is 6.65. The third-order valence-electron chi connectivity index (χ3n) is 3.15. The minimum Gasteiger partial charge on any atom is -0.290 e. The summed E-state index contributed by atoms with van der Waals surface area (Å²) in [5.74, 6) is -0.187. The first-order valence-electron chi connectivity index (χ1n) is 6.77. The molecule has 1 amide bonds. The number of nitrogens with zero attached hydrogens (tertiary/aromatic N) is 2. The van der Waals surface area contributed by atoms with Crippen molar-refractivity contribution in [2.24, 2.45) is 0 Å². The Morgan fingerprint density at radius 3 is 2.48 bits per heavy atom. The highest BCUT2D eigenvalue weighted by Crippen LogP contribution is 2.32. The molecule has 3 rings (SSSR count). The van der Waals surface area contributed by atoms with Crippen molar-refractivity contribution in [3.8, 4) is 6.07 Å². The molecule has 1 aliphatic heterocycles. The van der Waals surface area contributed by atoms with Crippen LogP contribution in [0.4, 0.5) is 5.69 Å². The smallest absolute Gasteiger partial charge is 0.285 e. The fourth-order valence-corrected chi connectivity index (χ4v) is 3.19. The van der Waals surface area contributed by atoms with Crippen molar-refractivity contribution in [1.29, 1.82) is 5.26 Å². The van der Waals surface area contributed by atoms with Crippen LogP contribution < -0.4 is 5.43 Å². The van der Waals surface area contributed by atoms with Crippen LogP contribution in [-0.4, -0.2) is 15.2 Å². The van der Waals surface area contributed by atoms with Gasteiger partial charge in [0.1, 0.15) is 0 Å². The maximum Gasteiger partial charge on any atom is 0.285 e. The average Bonchev–Trinajstić information content (AvgIpc) is 2.84. The monoisotopic (exact) mass is 337 g/mol. The van der Waals surface area contributed by atoms with Crippen molar-refractivity contribution in [3.63, 3.8) is 0 Å². The second-order valence-electron chi connectivity index (χ2n) is 4.73. The zero-order chi connectivity index (χ0) is 16.2. The van der Waals surface area contributed by atoms with Gasteiger partial charge in [-0.15, -0.1) is 0 Å². The van der Waals surface area contributed by atoms with Gasteiger partial charge in [0.15, 0.2) is 4.32 Å². The van der Waals surface area contributed by atoms with Crippen LogP contribution in [0.1, 0.15) is 11.1 Å². The number of benzene rings is 2. The van der Waals surface area contributed by atoms with Crippen molar-refractivity contribution in [1.82, 2.24) is 5.01 Å². The summed E-state index contributed by atoms with van der Waals surface area (Å²) in [7, 11) is 0. The minimum atomic E-state index is -0.187. The predicted molar refractivity (Wildman–Crippen MR) is 96.2 cm³/mol. The van der Waals surface area contributed by atoms with Gasteiger partial charge in [-0.1, -0.05) is 42.1 Å². The van der Waals surface area contributed by atoms with E-state index in [0.717, 1.165) is 11.3 Å². The van der Waals surface area contributed by atoms with Crippen LogP contribution in [0, 0.1) is 11.3 Å². The summed E-state index contributed by atoms with van der Waals surface area (Å²) in [5.41, 5.74) is 5.24. The maximum absolute atomic E-state index is 12.5. The van der Waals surface area contributed by atoms with Gasteiger partial charge in [0.05, 0.1) is 22.2 Å². The number of nitrogens with one attached hydrogen (secondary N) is 1. The van der Waals surface area contributed by atoms with E-state index in [4.69, 9.17) is 17.5 Å². The molecular weight excluding hydrogens is 326 g/mol. The third kappa shape index (κ3) is 3.42. The Bertz CT molecular complexity index is 823. The van der Waals surface area contributed by atoms with E-state index in [0.29, 0.717) is 14.8 Å². The zero-order valence-electron chi connectivity index (χ0n) is 11.9. The standard InChI is InChI=1S/C17H11N3OS2/c18-11-13-8-6-12(7-9-13)10-15-16(21)20(17(22)23-15)19-14-4-2-1-3-5-14/h1-10,19H/b15-10+. The second-order valence-corrected chi connectivity index (χ2v) is 6.40. The Morgan fingerprint density at radius 2 is 1.83 bits per heavy atom. The van der Waals surface area contributed by atoms with Gasteiger partial charge in [-0.2, -0.15) is 5.26 Å². The van der Waals surface area contributed by atoms with Crippen LogP contribution in [0.15, 0.2) is 59.5 Å². The summed E-state index contributed by atoms with van der Waals surface area (Å²) in [6.07, 6.45) is 1.77. The highest BCUT2D eigenvalue weighted by atomic mass is 32.2. The van der Waals surface area contributed by atoms with Crippen LogP contribution in [0.3, 0.4) is 0 Å². The number of carbonyl (C=O) groups is 1. The molecule has 0 saturated carbocycles. The first-order chi connectivity index (χ1) is 11.2. The van der Waals surface area contributed by atoms with Gasteiger partial charge in [-0.05, 0) is 48.1 Å². The van der Waals surface area contributed by atoms with E-state index < -0.39 is 0 Å². The molecule has 0 atom stereocenters. The number of para-hydroxylation sites is 1. The number of hydrogen-bond donors (Lipinski definition) is 1. The Morgan fingerprint density at radius 1 is 1.13 bits per heavy atom. The van der Waals surface area contributed by atoms with Gasteiger partial charge in [0.2, 0.25) is 0 Å². The first kappa shape index (κ1) is 15.3. The lowest BCUT2D eigenvalue weighted by molar-refractivity contribution is -0.121. The van der Waals surface area contributed by atoms with E-state index >= 15 is 0 Å². The van der Waals surface area contributed by atoms with Crippen molar-refractivity contribution in [2.75, 3.05) is 5.43 Å². The molecule has 0 bridgehead atoms. The highest BCUT2D eigenvalue weighted by Gasteiger charge is 2.32. The van der Waals surface area contributed by atoms with Crippen molar-refractivity contribution in [2.45, 2.75) is 0 Å². The van der Waals surface area contributed by atoms with Gasteiger partial charge in [0.25, 0.3) is 5.91 Å². The number of hydrazine groups is 1. The number of thiocarbonyl (C=S) groups is 1. The van der Waals surface area contributed by atoms with Crippen LogP contribution in [0.25, 0.3) is 6.08 Å². The normalized spacial score (nSPS) is 15.8. The minimum absolute atomic E-state index is 0.187. The fourth-order valence-electron chi connectivity index (χ4n) is 2.01. The molecule has 23 heavy (non-hydrogen) atoms. The van der Waals surface area contributed by atoms with E-state index in [1.807, 2.05) is 30.3 Å². The Kier molecular flexibility index (Phi) is 4.42. The maximum atomic E-state index is 12.5. The largest absolute Gasteiger partial charge is 0.290 e. The lowest BCUT2D eigenvalue weighted by Crippen LogP contribution is -2.33. The molecule has 4 nitrogen and oxygen atoms in total. The van der Waals surface area contributed by atoms with Gasteiger partial charge < -0.3 is 0 Å². The molecule has 2 aromatic carbocycles. The van der Waals surface area contributed by atoms with Crippen LogP contribution >= 0.6 is 24.0 Å². The number of carbonyl (C=O) groups excluding carboxylic acids is 1. The lowest BCUT2D eigenvalue weighted by Gasteiger charge is -2.16. The van der Waals surface area contributed by atoms with E-state index in [2.05, 4.69) is 11.5 Å². The van der Waals surface area contributed by atoms with E-state index in [1.165, 1.54) is 16.8 Å². The summed E-state index contributed by atoms with van der Waals surface area (Å²) < 4.78 is 0.457. The molecule has 1 saturated heterocycles. The first-order valence-corrected chi connectivity index (χ1v) is 8.00. The topological polar surface area (TPSA) is 56.1 Å². The number of amides is 1. The van der Waals surface area contributed by atoms with Gasteiger partial charge in [0, 0.05) is 0 Å². The number of anilines is 1. The molecule has 112 valence electrons. The molecule has 0 radical (unpaired) electrons. The molecule has 1 fully saturated rings. The van der Waals surface area contributed by atoms with Gasteiger partial charge >= 0.3 is 0 Å². The highest BCUT2D eigenvalue weighted by molar-refractivity contribution is 8.26. The molecular formula is C17H11N3OS2. The summed E-state index contributed by atoms with van der Waals surface area (Å²) >= 11 is 6.52. The summed E-state index contributed by atoms with van der Waals surface area (Å²) in [6, 6.07) is 18.5. The summed E-state index contributed by atoms with van der Waals surface area (Å²) in [5, 5.41) is 10.2. The van der Waals surface area contributed by atoms with Crippen molar-refractivity contribution in [3.05, 3.63) is 70.6 Å². The molecule has 1 N–H and O–H groups in total. The Hall–Kier alpha value is -2.62. The molecule has 1 heterocycles. The molecule has 2 aromatic rings. The molecule has 0 aromatic heterocycles. The quantitative estimate of drug-likeness (QED) is 0.682. The molecule has 0 aliphatic carbocycles. The van der Waals surface area contributed by atoms with Crippen molar-refractivity contribution >= 4 is 46.0 Å². The van der Waals surface area contributed by atoms with Gasteiger partial charge in [-0.3, -0.25) is 10.2 Å². The number of hydrogen-bond acceptors (Lipinski definition) is 5. The molecule has 0 spiro atoms. The van der Waals surface area contributed by atoms with Crippen LogP contribution in [0.2, 0.25) is 0 Å². The molecule has 0 unspecified atom stereocenters. The summed E-state index contributed by atoms with van der Waals surface area (Å²) in [4.78, 5) is 13.0. The predicted octanol–water partition coefficient (Wildman–Crippen LogP) is 3.79. The Balaban J connectivity index is 1.80. The van der Waals surface area contributed by atoms with Gasteiger partial charge in [-0.25, -0.2) is 5.01 Å². The SMILES string of the molecule is N#Cc1ccc(/C=C2/SC(=S)N(Nc3ccccc3)C2=O)cc1. The Labute approximate surface area is 143 Å².